The first kappa shape index (κ1) is 10.3. The van der Waals surface area contributed by atoms with Gasteiger partial charge in [0, 0.05) is 5.88 Å². The van der Waals surface area contributed by atoms with Crippen molar-refractivity contribution in [2.75, 3.05) is 0 Å². The van der Waals surface area contributed by atoms with Gasteiger partial charge in [-0.05, 0) is 40.4 Å². The van der Waals surface area contributed by atoms with Gasteiger partial charge in [0.05, 0.1) is 9.72 Å². The summed E-state index contributed by atoms with van der Waals surface area (Å²) < 4.78 is 1.15. The predicted molar refractivity (Wildman–Crippen MR) is 65.8 cm³/mol. The highest BCUT2D eigenvalue weighted by Crippen LogP contribution is 2.34. The van der Waals surface area contributed by atoms with Gasteiger partial charge in [0.25, 0.3) is 0 Å². The molecule has 0 radical (unpaired) electrons. The van der Waals surface area contributed by atoms with Crippen LogP contribution in [0.15, 0.2) is 17.5 Å². The van der Waals surface area contributed by atoms with E-state index >= 15 is 0 Å². The Balaban J connectivity index is 2.82. The number of benzene rings is 1. The molecule has 0 spiro atoms. The highest BCUT2D eigenvalue weighted by molar-refractivity contribution is 7.17. The smallest absolute Gasteiger partial charge is 0.0587 e. The SMILES string of the molecule is CCc1cc(Cl)c2sccc2c1CCl. The Morgan fingerprint density at radius 2 is 2.21 bits per heavy atom. The van der Waals surface area contributed by atoms with Crippen molar-refractivity contribution in [3.63, 3.8) is 0 Å². The lowest BCUT2D eigenvalue weighted by atomic mass is 10.0. The molecule has 2 rings (SSSR count). The number of hydrogen-bond donors (Lipinski definition) is 0. The zero-order valence-electron chi connectivity index (χ0n) is 7.81. The Morgan fingerprint density at radius 1 is 1.43 bits per heavy atom. The fourth-order valence-electron chi connectivity index (χ4n) is 1.68. The molecule has 1 aromatic heterocycles. The summed E-state index contributed by atoms with van der Waals surface area (Å²) in [6.45, 7) is 2.12. The standard InChI is InChI=1S/C11H10Cl2S/c1-2-7-5-10(13)11-8(3-4-14-11)9(7)6-12/h3-5H,2,6H2,1H3. The zero-order chi connectivity index (χ0) is 10.1. The van der Waals surface area contributed by atoms with E-state index in [1.165, 1.54) is 16.5 Å². The minimum atomic E-state index is 0.563. The molecule has 1 aromatic carbocycles. The average Bonchev–Trinajstić information content (AvgIpc) is 2.66. The van der Waals surface area contributed by atoms with Crippen LogP contribution in [-0.4, -0.2) is 0 Å². The normalized spacial score (nSPS) is 11.1. The summed E-state index contributed by atoms with van der Waals surface area (Å²) in [5.41, 5.74) is 2.49. The molecule has 0 saturated carbocycles. The van der Waals surface area contributed by atoms with Crippen molar-refractivity contribution >= 4 is 44.6 Å². The van der Waals surface area contributed by atoms with E-state index in [2.05, 4.69) is 18.4 Å². The van der Waals surface area contributed by atoms with Crippen LogP contribution in [0.4, 0.5) is 0 Å². The second-order valence-corrected chi connectivity index (χ2v) is 4.74. The Bertz CT molecular complexity index is 460. The Morgan fingerprint density at radius 3 is 2.86 bits per heavy atom. The van der Waals surface area contributed by atoms with E-state index in [-0.39, 0.29) is 0 Å². The molecule has 0 aliphatic rings. The fourth-order valence-corrected chi connectivity index (χ4v) is 3.20. The molecule has 0 fully saturated rings. The van der Waals surface area contributed by atoms with Crippen LogP contribution in [0.5, 0.6) is 0 Å². The first-order chi connectivity index (χ1) is 6.77. The van der Waals surface area contributed by atoms with Gasteiger partial charge in [-0.1, -0.05) is 18.5 Å². The van der Waals surface area contributed by atoms with Crippen molar-refractivity contribution in [1.82, 2.24) is 0 Å². The Labute approximate surface area is 97.5 Å². The molecule has 0 N–H and O–H groups in total. The van der Waals surface area contributed by atoms with E-state index < -0.39 is 0 Å². The number of rotatable bonds is 2. The van der Waals surface area contributed by atoms with Crippen LogP contribution < -0.4 is 0 Å². The van der Waals surface area contributed by atoms with Crippen LogP contribution >= 0.6 is 34.5 Å². The van der Waals surface area contributed by atoms with Crippen LogP contribution in [0.25, 0.3) is 10.1 Å². The lowest BCUT2D eigenvalue weighted by Crippen LogP contribution is -1.90. The van der Waals surface area contributed by atoms with Crippen molar-refractivity contribution < 1.29 is 0 Å². The van der Waals surface area contributed by atoms with Crippen molar-refractivity contribution in [2.24, 2.45) is 0 Å². The van der Waals surface area contributed by atoms with E-state index in [1.807, 2.05) is 6.07 Å². The second kappa shape index (κ2) is 4.09. The van der Waals surface area contributed by atoms with Gasteiger partial charge in [-0.2, -0.15) is 0 Å². The van der Waals surface area contributed by atoms with Crippen LogP contribution in [-0.2, 0) is 12.3 Å². The summed E-state index contributed by atoms with van der Waals surface area (Å²) in [6.07, 6.45) is 0.980. The molecule has 0 aliphatic heterocycles. The molecule has 14 heavy (non-hydrogen) atoms. The highest BCUT2D eigenvalue weighted by Gasteiger charge is 2.09. The molecule has 2 aromatic rings. The third-order valence-electron chi connectivity index (χ3n) is 2.41. The summed E-state index contributed by atoms with van der Waals surface area (Å²) >= 11 is 13.8. The quantitative estimate of drug-likeness (QED) is 0.663. The molecule has 0 atom stereocenters. The molecular weight excluding hydrogens is 235 g/mol. The van der Waals surface area contributed by atoms with Gasteiger partial charge < -0.3 is 0 Å². The molecule has 0 unspecified atom stereocenters. The van der Waals surface area contributed by atoms with Crippen LogP contribution in [0.3, 0.4) is 0 Å². The van der Waals surface area contributed by atoms with E-state index in [9.17, 15) is 0 Å². The lowest BCUT2D eigenvalue weighted by Gasteiger charge is -2.07. The fraction of sp³-hybridized carbons (Fsp3) is 0.273. The van der Waals surface area contributed by atoms with E-state index in [0.29, 0.717) is 5.88 Å². The lowest BCUT2D eigenvalue weighted by molar-refractivity contribution is 1.11. The van der Waals surface area contributed by atoms with Gasteiger partial charge in [0.15, 0.2) is 0 Å². The number of hydrogen-bond acceptors (Lipinski definition) is 1. The largest absolute Gasteiger partial charge is 0.142 e. The summed E-state index contributed by atoms with van der Waals surface area (Å²) in [7, 11) is 0. The van der Waals surface area contributed by atoms with Crippen LogP contribution in [0.2, 0.25) is 5.02 Å². The molecule has 0 saturated heterocycles. The summed E-state index contributed by atoms with van der Waals surface area (Å²) in [5, 5.41) is 4.13. The van der Waals surface area contributed by atoms with Crippen LogP contribution in [0, 0.1) is 0 Å². The summed E-state index contributed by atoms with van der Waals surface area (Å²) in [4.78, 5) is 0. The van der Waals surface area contributed by atoms with Gasteiger partial charge in [0.1, 0.15) is 0 Å². The predicted octanol–water partition coefficient (Wildman–Crippen LogP) is 4.86. The highest BCUT2D eigenvalue weighted by atomic mass is 35.5. The van der Waals surface area contributed by atoms with E-state index in [1.54, 1.807) is 11.3 Å². The monoisotopic (exact) mass is 244 g/mol. The number of alkyl halides is 1. The molecule has 0 bridgehead atoms. The average molecular weight is 245 g/mol. The Hall–Kier alpha value is -0.240. The topological polar surface area (TPSA) is 0 Å². The second-order valence-electron chi connectivity index (χ2n) is 3.15. The van der Waals surface area contributed by atoms with Crippen LogP contribution in [0.1, 0.15) is 18.1 Å². The van der Waals surface area contributed by atoms with Crippen molar-refractivity contribution in [1.29, 1.82) is 0 Å². The van der Waals surface area contributed by atoms with Gasteiger partial charge >= 0.3 is 0 Å². The zero-order valence-corrected chi connectivity index (χ0v) is 10.1. The van der Waals surface area contributed by atoms with Crippen molar-refractivity contribution in [3.05, 3.63) is 33.7 Å². The van der Waals surface area contributed by atoms with Gasteiger partial charge in [-0.15, -0.1) is 22.9 Å². The number of halogens is 2. The molecule has 74 valence electrons. The molecule has 0 amide bonds. The molecular formula is C11H10Cl2S. The third kappa shape index (κ3) is 1.54. The van der Waals surface area contributed by atoms with E-state index in [0.717, 1.165) is 16.1 Å². The Kier molecular flexibility index (Phi) is 3.01. The summed E-state index contributed by atoms with van der Waals surface area (Å²) in [5.74, 6) is 0.563. The van der Waals surface area contributed by atoms with E-state index in [4.69, 9.17) is 23.2 Å². The van der Waals surface area contributed by atoms with Gasteiger partial charge in [-0.25, -0.2) is 0 Å². The number of fused-ring (bicyclic) bond motifs is 1. The molecule has 1 heterocycles. The third-order valence-corrected chi connectivity index (χ3v) is 4.04. The molecule has 0 nitrogen and oxygen atoms in total. The number of aryl methyl sites for hydroxylation is 1. The maximum Gasteiger partial charge on any atom is 0.0587 e. The molecule has 3 heteroatoms. The van der Waals surface area contributed by atoms with Gasteiger partial charge in [-0.3, -0.25) is 0 Å². The minimum Gasteiger partial charge on any atom is -0.142 e. The maximum absolute atomic E-state index is 6.18. The maximum atomic E-state index is 6.18. The van der Waals surface area contributed by atoms with Crippen molar-refractivity contribution in [2.45, 2.75) is 19.2 Å². The van der Waals surface area contributed by atoms with Crippen molar-refractivity contribution in [3.8, 4) is 0 Å². The van der Waals surface area contributed by atoms with Gasteiger partial charge in [0.2, 0.25) is 0 Å². The first-order valence-corrected chi connectivity index (χ1v) is 6.30. The first-order valence-electron chi connectivity index (χ1n) is 4.51. The number of thiophene rings is 1. The minimum absolute atomic E-state index is 0.563. The molecule has 0 aliphatic carbocycles. The summed E-state index contributed by atoms with van der Waals surface area (Å²) in [6, 6.07) is 4.14.